The third-order valence-electron chi connectivity index (χ3n) is 3.19. The Morgan fingerprint density at radius 3 is 2.56 bits per heavy atom. The first-order valence-electron chi connectivity index (χ1n) is 6.68. The summed E-state index contributed by atoms with van der Waals surface area (Å²) in [6, 6.07) is 6.43. The summed E-state index contributed by atoms with van der Waals surface area (Å²) in [5.74, 6) is 0. The summed E-state index contributed by atoms with van der Waals surface area (Å²) >= 11 is 6.21. The maximum Gasteiger partial charge on any atom is 0.0769 e. The lowest BCUT2D eigenvalue weighted by atomic mass is 9.97. The molecule has 18 heavy (non-hydrogen) atoms. The maximum absolute atomic E-state index is 6.21. The number of ether oxygens (including phenoxy) is 1. The van der Waals surface area contributed by atoms with Gasteiger partial charge in [0, 0.05) is 11.6 Å². The van der Waals surface area contributed by atoms with Crippen LogP contribution < -0.4 is 5.32 Å². The number of aryl methyl sites for hydroxylation is 1. The summed E-state index contributed by atoms with van der Waals surface area (Å²) in [5.41, 5.74) is 2.30. The topological polar surface area (TPSA) is 21.3 Å². The van der Waals surface area contributed by atoms with Gasteiger partial charge in [-0.3, -0.25) is 0 Å². The summed E-state index contributed by atoms with van der Waals surface area (Å²) in [4.78, 5) is 0. The molecular formula is C15H24ClNO. The molecule has 0 saturated heterocycles. The number of hydrogen-bond donors (Lipinski definition) is 1. The van der Waals surface area contributed by atoms with Gasteiger partial charge in [0.15, 0.2) is 0 Å². The Bertz CT molecular complexity index is 362. The van der Waals surface area contributed by atoms with Crippen molar-refractivity contribution in [3.63, 3.8) is 0 Å². The van der Waals surface area contributed by atoms with Gasteiger partial charge in [-0.2, -0.15) is 0 Å². The second-order valence-corrected chi connectivity index (χ2v) is 4.96. The van der Waals surface area contributed by atoms with Gasteiger partial charge >= 0.3 is 0 Å². The SMILES string of the molecule is CCCC(OCC)C(NC)c1ccc(C)c(Cl)c1. The number of rotatable bonds is 7. The summed E-state index contributed by atoms with van der Waals surface area (Å²) in [5, 5.41) is 4.17. The van der Waals surface area contributed by atoms with Gasteiger partial charge in [0.1, 0.15) is 0 Å². The van der Waals surface area contributed by atoms with Crippen molar-refractivity contribution >= 4 is 11.6 Å². The largest absolute Gasteiger partial charge is 0.377 e. The van der Waals surface area contributed by atoms with Gasteiger partial charge in [0.25, 0.3) is 0 Å². The average Bonchev–Trinajstić information content (AvgIpc) is 2.35. The number of hydrogen-bond acceptors (Lipinski definition) is 2. The van der Waals surface area contributed by atoms with E-state index in [1.54, 1.807) is 0 Å². The zero-order chi connectivity index (χ0) is 13.5. The molecule has 0 radical (unpaired) electrons. The lowest BCUT2D eigenvalue weighted by Gasteiger charge is -2.27. The summed E-state index contributed by atoms with van der Waals surface area (Å²) < 4.78 is 5.85. The molecule has 0 aromatic heterocycles. The first kappa shape index (κ1) is 15.5. The van der Waals surface area contributed by atoms with Crippen LogP contribution in [0.5, 0.6) is 0 Å². The van der Waals surface area contributed by atoms with Crippen molar-refractivity contribution in [1.29, 1.82) is 0 Å². The summed E-state index contributed by atoms with van der Waals surface area (Å²) in [7, 11) is 1.97. The van der Waals surface area contributed by atoms with Gasteiger partial charge < -0.3 is 10.1 Å². The van der Waals surface area contributed by atoms with E-state index in [1.165, 1.54) is 5.56 Å². The van der Waals surface area contributed by atoms with Crippen LogP contribution in [0.4, 0.5) is 0 Å². The minimum absolute atomic E-state index is 0.197. The third kappa shape index (κ3) is 3.98. The molecule has 2 unspecified atom stereocenters. The fourth-order valence-electron chi connectivity index (χ4n) is 2.21. The summed E-state index contributed by atoms with van der Waals surface area (Å²) in [6.45, 7) is 6.98. The first-order valence-corrected chi connectivity index (χ1v) is 7.06. The normalized spacial score (nSPS) is 14.5. The molecule has 0 aliphatic rings. The van der Waals surface area contributed by atoms with Gasteiger partial charge in [-0.15, -0.1) is 0 Å². The number of nitrogens with one attached hydrogen (secondary N) is 1. The zero-order valence-corrected chi connectivity index (χ0v) is 12.6. The van der Waals surface area contributed by atoms with Crippen molar-refractivity contribution in [1.82, 2.24) is 5.32 Å². The average molecular weight is 270 g/mol. The fraction of sp³-hybridized carbons (Fsp3) is 0.600. The second-order valence-electron chi connectivity index (χ2n) is 4.56. The van der Waals surface area contributed by atoms with Crippen LogP contribution in [0.2, 0.25) is 5.02 Å². The molecule has 0 aliphatic carbocycles. The Hall–Kier alpha value is -0.570. The monoisotopic (exact) mass is 269 g/mol. The lowest BCUT2D eigenvalue weighted by Crippen LogP contribution is -2.31. The lowest BCUT2D eigenvalue weighted by molar-refractivity contribution is 0.0295. The van der Waals surface area contributed by atoms with Crippen molar-refractivity contribution in [3.05, 3.63) is 34.3 Å². The fourth-order valence-corrected chi connectivity index (χ4v) is 2.40. The van der Waals surface area contributed by atoms with Crippen LogP contribution in [0.1, 0.15) is 43.9 Å². The van der Waals surface area contributed by atoms with Crippen LogP contribution >= 0.6 is 11.6 Å². The molecule has 1 aromatic rings. The molecule has 0 spiro atoms. The van der Waals surface area contributed by atoms with Gasteiger partial charge in [0.05, 0.1) is 12.1 Å². The molecule has 3 heteroatoms. The zero-order valence-electron chi connectivity index (χ0n) is 11.8. The van der Waals surface area contributed by atoms with Gasteiger partial charge in [0.2, 0.25) is 0 Å². The Balaban J connectivity index is 2.94. The van der Waals surface area contributed by atoms with E-state index in [0.717, 1.165) is 30.0 Å². The molecule has 1 aromatic carbocycles. The minimum Gasteiger partial charge on any atom is -0.377 e. The van der Waals surface area contributed by atoms with E-state index in [4.69, 9.17) is 16.3 Å². The van der Waals surface area contributed by atoms with Crippen LogP contribution in [-0.4, -0.2) is 19.8 Å². The van der Waals surface area contributed by atoms with Crippen molar-refractivity contribution < 1.29 is 4.74 Å². The molecule has 0 bridgehead atoms. The predicted molar refractivity (Wildman–Crippen MR) is 78.3 cm³/mol. The van der Waals surface area contributed by atoms with Crippen LogP contribution in [0.25, 0.3) is 0 Å². The summed E-state index contributed by atoms with van der Waals surface area (Å²) in [6.07, 6.45) is 2.36. The highest BCUT2D eigenvalue weighted by Crippen LogP contribution is 2.26. The maximum atomic E-state index is 6.21. The van der Waals surface area contributed by atoms with E-state index in [1.807, 2.05) is 27.0 Å². The Morgan fingerprint density at radius 1 is 1.33 bits per heavy atom. The minimum atomic E-state index is 0.197. The highest BCUT2D eigenvalue weighted by molar-refractivity contribution is 6.31. The van der Waals surface area contributed by atoms with Crippen LogP contribution in [-0.2, 0) is 4.74 Å². The van der Waals surface area contributed by atoms with E-state index in [0.29, 0.717) is 0 Å². The van der Waals surface area contributed by atoms with E-state index in [2.05, 4.69) is 24.4 Å². The molecule has 1 rings (SSSR count). The predicted octanol–water partition coefficient (Wildman–Crippen LogP) is 4.11. The number of likely N-dealkylation sites (N-methyl/N-ethyl adjacent to an activating group) is 1. The molecule has 0 saturated carbocycles. The molecule has 0 amide bonds. The van der Waals surface area contributed by atoms with Crippen molar-refractivity contribution in [3.8, 4) is 0 Å². The molecular weight excluding hydrogens is 246 g/mol. The van der Waals surface area contributed by atoms with Crippen molar-refractivity contribution in [2.75, 3.05) is 13.7 Å². The second kappa shape index (κ2) is 7.78. The van der Waals surface area contributed by atoms with E-state index >= 15 is 0 Å². The number of halogens is 1. The highest BCUT2D eigenvalue weighted by atomic mass is 35.5. The molecule has 102 valence electrons. The standard InChI is InChI=1S/C15H24ClNO/c1-5-7-14(18-6-2)15(17-4)12-9-8-11(3)13(16)10-12/h8-10,14-15,17H,5-7H2,1-4H3. The van der Waals surface area contributed by atoms with Crippen molar-refractivity contribution in [2.24, 2.45) is 0 Å². The Kier molecular flexibility index (Phi) is 6.69. The molecule has 1 N–H and O–H groups in total. The van der Waals surface area contributed by atoms with Crippen LogP contribution in [0.15, 0.2) is 18.2 Å². The van der Waals surface area contributed by atoms with Crippen molar-refractivity contribution in [2.45, 2.75) is 45.8 Å². The van der Waals surface area contributed by atoms with E-state index < -0.39 is 0 Å². The van der Waals surface area contributed by atoms with E-state index in [-0.39, 0.29) is 12.1 Å². The first-order chi connectivity index (χ1) is 8.63. The third-order valence-corrected chi connectivity index (χ3v) is 3.60. The van der Waals surface area contributed by atoms with Gasteiger partial charge in [-0.1, -0.05) is 37.1 Å². The van der Waals surface area contributed by atoms with Gasteiger partial charge in [-0.05, 0) is 44.5 Å². The molecule has 2 nitrogen and oxygen atoms in total. The molecule has 0 heterocycles. The Morgan fingerprint density at radius 2 is 2.06 bits per heavy atom. The van der Waals surface area contributed by atoms with Crippen LogP contribution in [0, 0.1) is 6.92 Å². The van der Waals surface area contributed by atoms with Crippen LogP contribution in [0.3, 0.4) is 0 Å². The highest BCUT2D eigenvalue weighted by Gasteiger charge is 2.21. The smallest absolute Gasteiger partial charge is 0.0769 e. The number of benzene rings is 1. The van der Waals surface area contributed by atoms with E-state index in [9.17, 15) is 0 Å². The quantitative estimate of drug-likeness (QED) is 0.804. The Labute approximate surface area is 116 Å². The van der Waals surface area contributed by atoms with Gasteiger partial charge in [-0.25, -0.2) is 0 Å². The molecule has 0 aliphatic heterocycles. The molecule has 0 fully saturated rings. The molecule has 2 atom stereocenters.